The van der Waals surface area contributed by atoms with E-state index in [1.54, 1.807) is 0 Å². The van der Waals surface area contributed by atoms with Gasteiger partial charge in [-0.05, 0) is 60.8 Å². The Morgan fingerprint density at radius 1 is 0.551 bits per heavy atom. The average Bonchev–Trinajstić information content (AvgIpc) is 4.34. The zero-order chi connectivity index (χ0) is 55.2. The molecule has 6 aliphatic rings. The van der Waals surface area contributed by atoms with Gasteiger partial charge in [0.2, 0.25) is 0 Å². The van der Waals surface area contributed by atoms with E-state index in [0.717, 1.165) is 54.5 Å². The minimum Gasteiger partial charge on any atom is -0.480 e. The van der Waals surface area contributed by atoms with Crippen LogP contribution in [0, 0.1) is 17.8 Å². The van der Waals surface area contributed by atoms with Gasteiger partial charge in [0.05, 0.1) is 31.4 Å². The Hall–Kier alpha value is -6.15. The standard InChI is InChI=1S/C23H25NO6.C23H25NO5.C8H13NO3.C6H16Si.H2/c25-20-12-11-18-19(30-20)13-24(23(27)29-15-17-9-5-2-6-10-17)21(18)22(26)28-14-16-7-3-1-4-8-16;25-22(28-15-17-8-3-1-4-9-17)21-19-12-7-13-27-20(19)14-24(21)23(26)29-16-18-10-5-2-6-11-18;10-8(11)7-5-2-1-3-12-6(5)4-9-7;1-4-7(5-2)6-3;/h1-10,18-21,25H,11-15H2;1-6,8-11,19-21H,7,12-16H2;5-7,9H,1-4H2,(H,10,11);7H,4-6H2,1-3H3;1H/t18-,19-,20?,21-;19-,20-,21-;5-,6-,7-;;/m000../s1. The van der Waals surface area contributed by atoms with Crippen molar-refractivity contribution in [2.24, 2.45) is 17.8 Å². The summed E-state index contributed by atoms with van der Waals surface area (Å²) in [5.41, 5.74) is 3.54. The third-order valence-electron chi connectivity index (χ3n) is 15.6. The summed E-state index contributed by atoms with van der Waals surface area (Å²) >= 11 is 0. The van der Waals surface area contributed by atoms with Crippen molar-refractivity contribution >= 4 is 38.9 Å². The molecule has 78 heavy (non-hydrogen) atoms. The van der Waals surface area contributed by atoms with E-state index in [-0.39, 0.29) is 79.2 Å². The van der Waals surface area contributed by atoms with Crippen LogP contribution >= 0.6 is 0 Å². The Morgan fingerprint density at radius 2 is 0.949 bits per heavy atom. The molecule has 0 saturated carbocycles. The lowest BCUT2D eigenvalue weighted by Crippen LogP contribution is -2.45. The number of nitrogens with one attached hydrogen (secondary N) is 1. The van der Waals surface area contributed by atoms with Crippen LogP contribution in [0.1, 0.15) is 83.0 Å². The van der Waals surface area contributed by atoms with Gasteiger partial charge < -0.3 is 48.7 Å². The molecular formula is C60H81N3O14Si. The molecule has 17 nitrogen and oxygen atoms in total. The van der Waals surface area contributed by atoms with Gasteiger partial charge in [-0.3, -0.25) is 14.6 Å². The maximum Gasteiger partial charge on any atom is 0.410 e. The fraction of sp³-hybridized carbons (Fsp3) is 0.517. The normalized spacial score (nSPS) is 25.7. The largest absolute Gasteiger partial charge is 0.480 e. The average molecular weight is 1100 g/mol. The molecule has 0 bridgehead atoms. The predicted octanol–water partition coefficient (Wildman–Crippen LogP) is 8.77. The number of aliphatic hydroxyl groups is 1. The molecule has 1 unspecified atom stereocenters. The lowest BCUT2D eigenvalue weighted by atomic mass is 9.90. The summed E-state index contributed by atoms with van der Waals surface area (Å²) in [5, 5.41) is 21.6. The first kappa shape index (κ1) is 59.5. The first-order valence-corrected chi connectivity index (χ1v) is 30.3. The van der Waals surface area contributed by atoms with Gasteiger partial charge in [-0.2, -0.15) is 0 Å². The van der Waals surface area contributed by atoms with Crippen molar-refractivity contribution in [3.05, 3.63) is 144 Å². The Morgan fingerprint density at radius 3 is 1.37 bits per heavy atom. The molecular weight excluding hydrogens is 1010 g/mol. The van der Waals surface area contributed by atoms with Gasteiger partial charge in [0.1, 0.15) is 44.6 Å². The number of likely N-dealkylation sites (tertiary alicyclic amines) is 2. The number of esters is 2. The molecule has 6 heterocycles. The van der Waals surface area contributed by atoms with Crippen molar-refractivity contribution in [2.45, 2.75) is 147 Å². The first-order chi connectivity index (χ1) is 38.0. The number of fused-ring (bicyclic) bond motifs is 3. The second-order valence-corrected chi connectivity index (χ2v) is 24.8. The van der Waals surface area contributed by atoms with Crippen LogP contribution in [-0.4, -0.2) is 134 Å². The monoisotopic (exact) mass is 1100 g/mol. The number of aliphatic carboxylic acids is 1. The third kappa shape index (κ3) is 16.9. The van der Waals surface area contributed by atoms with E-state index in [9.17, 15) is 29.1 Å². The Labute approximate surface area is 461 Å². The smallest absolute Gasteiger partial charge is 0.410 e. The van der Waals surface area contributed by atoms with Crippen molar-refractivity contribution < 1.29 is 68.8 Å². The zero-order valence-corrected chi connectivity index (χ0v) is 46.5. The Bertz CT molecular complexity index is 2460. The van der Waals surface area contributed by atoms with Crippen molar-refractivity contribution in [2.75, 3.05) is 32.8 Å². The highest BCUT2D eigenvalue weighted by Gasteiger charge is 2.53. The molecule has 0 radical (unpaired) electrons. The molecule has 0 spiro atoms. The van der Waals surface area contributed by atoms with Crippen LogP contribution in [0.3, 0.4) is 0 Å². The molecule has 10 rings (SSSR count). The van der Waals surface area contributed by atoms with E-state index in [4.69, 9.17) is 38.3 Å². The second kappa shape index (κ2) is 30.9. The number of carboxylic acid groups (broad SMARTS) is 1. The summed E-state index contributed by atoms with van der Waals surface area (Å²) in [6, 6.07) is 40.4. The van der Waals surface area contributed by atoms with E-state index < -0.39 is 54.6 Å². The highest BCUT2D eigenvalue weighted by molar-refractivity contribution is 6.58. The van der Waals surface area contributed by atoms with Gasteiger partial charge in [-0.25, -0.2) is 19.2 Å². The molecule has 18 heteroatoms. The van der Waals surface area contributed by atoms with Crippen molar-refractivity contribution in [1.82, 2.24) is 15.1 Å². The second-order valence-electron chi connectivity index (χ2n) is 20.6. The van der Waals surface area contributed by atoms with Crippen LogP contribution in [0.4, 0.5) is 9.59 Å². The topological polar surface area (TPSA) is 209 Å². The van der Waals surface area contributed by atoms with Crippen molar-refractivity contribution in [3.63, 3.8) is 0 Å². The third-order valence-corrected chi connectivity index (χ3v) is 19.0. The number of hydrogen-bond acceptors (Lipinski definition) is 14. The van der Waals surface area contributed by atoms with Gasteiger partial charge in [0.15, 0.2) is 6.29 Å². The lowest BCUT2D eigenvalue weighted by molar-refractivity contribution is -0.176. The minimum absolute atomic E-state index is 0. The summed E-state index contributed by atoms with van der Waals surface area (Å²) in [4.78, 5) is 65.1. The molecule has 0 aliphatic carbocycles. The number of carbonyl (C=O) groups excluding carboxylic acids is 4. The molecule has 6 aliphatic heterocycles. The highest BCUT2D eigenvalue weighted by atomic mass is 28.3. The number of benzene rings is 4. The van der Waals surface area contributed by atoms with E-state index in [0.29, 0.717) is 32.5 Å². The van der Waals surface area contributed by atoms with Gasteiger partial charge in [-0.1, -0.05) is 160 Å². The summed E-state index contributed by atoms with van der Waals surface area (Å²) in [5.74, 6) is -1.73. The summed E-state index contributed by atoms with van der Waals surface area (Å²) in [7, 11) is -0.171. The lowest BCUT2D eigenvalue weighted by Gasteiger charge is -2.30. The summed E-state index contributed by atoms with van der Waals surface area (Å²) < 4.78 is 38.9. The van der Waals surface area contributed by atoms with E-state index in [1.807, 2.05) is 121 Å². The first-order valence-electron chi connectivity index (χ1n) is 27.9. The van der Waals surface area contributed by atoms with Crippen molar-refractivity contribution in [1.29, 1.82) is 0 Å². The molecule has 4 aromatic carbocycles. The molecule has 3 N–H and O–H groups in total. The van der Waals surface area contributed by atoms with Gasteiger partial charge in [0, 0.05) is 47.7 Å². The van der Waals surface area contributed by atoms with Crippen LogP contribution in [-0.2, 0) is 74.0 Å². The maximum atomic E-state index is 13.0. The predicted molar refractivity (Wildman–Crippen MR) is 295 cm³/mol. The molecule has 10 atom stereocenters. The molecule has 424 valence electrons. The Balaban J connectivity index is 0.000000191. The number of carbonyl (C=O) groups is 5. The summed E-state index contributed by atoms with van der Waals surface area (Å²) in [6.45, 7) is 10.2. The van der Waals surface area contributed by atoms with E-state index >= 15 is 0 Å². The van der Waals surface area contributed by atoms with Crippen LogP contribution in [0.25, 0.3) is 0 Å². The number of nitrogens with zero attached hydrogens (tertiary/aromatic N) is 2. The maximum absolute atomic E-state index is 13.0. The van der Waals surface area contributed by atoms with Gasteiger partial charge in [0.25, 0.3) is 0 Å². The van der Waals surface area contributed by atoms with Crippen LogP contribution < -0.4 is 5.32 Å². The molecule has 6 saturated heterocycles. The number of carboxylic acids is 1. The fourth-order valence-corrected chi connectivity index (χ4v) is 12.9. The Kier molecular flexibility index (Phi) is 23.5. The quantitative estimate of drug-likeness (QED) is 0.0613. The molecule has 0 aromatic heterocycles. The summed E-state index contributed by atoms with van der Waals surface area (Å²) in [6.07, 6.45) is 2.25. The molecule has 4 aromatic rings. The SMILES string of the molecule is CC[SiH](CC)CC.O=C(O)[C@H]1NC[C@@H]2OCCC[C@@H]21.O=C(OCc1ccccc1)[C@@H]1[C@H]2CCC(O)O[C@H]2CN1C(=O)OCc1ccccc1.O=C(OCc1ccccc1)[C@@H]1[C@H]2CCCO[C@H]2CN1C(=O)OCc1ccccc1.[HH]. The number of ether oxygens (including phenoxy) is 7. The molecule has 6 fully saturated rings. The highest BCUT2D eigenvalue weighted by Crippen LogP contribution is 2.38. The minimum atomic E-state index is -0.882. The van der Waals surface area contributed by atoms with Crippen LogP contribution in [0.2, 0.25) is 18.1 Å². The van der Waals surface area contributed by atoms with Gasteiger partial charge in [-0.15, -0.1) is 0 Å². The zero-order valence-electron chi connectivity index (χ0n) is 45.3. The van der Waals surface area contributed by atoms with E-state index in [2.05, 4.69) is 26.1 Å². The van der Waals surface area contributed by atoms with Crippen molar-refractivity contribution in [3.8, 4) is 0 Å². The number of aliphatic hydroxyl groups excluding tert-OH is 1. The molecule has 2 amide bonds. The van der Waals surface area contributed by atoms with E-state index in [1.165, 1.54) is 27.9 Å². The van der Waals surface area contributed by atoms with Crippen LogP contribution in [0.15, 0.2) is 121 Å². The number of amides is 2. The number of rotatable bonds is 14. The fourth-order valence-electron chi connectivity index (χ4n) is 11.1. The van der Waals surface area contributed by atoms with Gasteiger partial charge >= 0.3 is 30.1 Å². The van der Waals surface area contributed by atoms with Crippen LogP contribution in [0.5, 0.6) is 0 Å². The number of hydrogen-bond donors (Lipinski definition) is 3.